The van der Waals surface area contributed by atoms with E-state index in [-0.39, 0.29) is 11.8 Å². The predicted molar refractivity (Wildman–Crippen MR) is 105 cm³/mol. The molecule has 144 valence electrons. The van der Waals surface area contributed by atoms with Gasteiger partial charge in [0.1, 0.15) is 17.9 Å². The SMILES string of the molecule is COc1cccc(-n2cnc3c2NC(=O)C[C@@H]3c2ccc(OC)c(OC)c2)c1. The average Bonchev–Trinajstić information content (AvgIpc) is 3.16. The van der Waals surface area contributed by atoms with Crippen LogP contribution in [0.4, 0.5) is 5.82 Å². The first-order valence-corrected chi connectivity index (χ1v) is 8.88. The maximum Gasteiger partial charge on any atom is 0.226 e. The Bertz CT molecular complexity index is 1030. The van der Waals surface area contributed by atoms with Crippen molar-refractivity contribution >= 4 is 11.7 Å². The highest BCUT2D eigenvalue weighted by atomic mass is 16.5. The molecule has 1 amide bonds. The Kier molecular flexibility index (Phi) is 4.65. The van der Waals surface area contributed by atoms with E-state index in [1.165, 1.54) is 0 Å². The summed E-state index contributed by atoms with van der Waals surface area (Å²) in [4.78, 5) is 17.1. The fourth-order valence-electron chi connectivity index (χ4n) is 3.51. The van der Waals surface area contributed by atoms with E-state index in [9.17, 15) is 4.79 Å². The van der Waals surface area contributed by atoms with Crippen molar-refractivity contribution in [2.75, 3.05) is 26.6 Å². The van der Waals surface area contributed by atoms with Crippen molar-refractivity contribution in [1.82, 2.24) is 9.55 Å². The number of nitrogens with zero attached hydrogens (tertiary/aromatic N) is 2. The highest BCUT2D eigenvalue weighted by Crippen LogP contribution is 2.40. The number of hydrogen-bond acceptors (Lipinski definition) is 5. The molecule has 0 unspecified atom stereocenters. The first-order valence-electron chi connectivity index (χ1n) is 8.88. The predicted octanol–water partition coefficient (Wildman–Crippen LogP) is 3.37. The van der Waals surface area contributed by atoms with Crippen molar-refractivity contribution in [3.8, 4) is 22.9 Å². The van der Waals surface area contributed by atoms with Crippen LogP contribution in [0.5, 0.6) is 17.2 Å². The number of amides is 1. The van der Waals surface area contributed by atoms with Gasteiger partial charge in [-0.05, 0) is 29.8 Å². The zero-order valence-corrected chi connectivity index (χ0v) is 15.9. The number of benzene rings is 2. The zero-order valence-electron chi connectivity index (χ0n) is 15.9. The van der Waals surface area contributed by atoms with E-state index >= 15 is 0 Å². The number of hydrogen-bond donors (Lipinski definition) is 1. The quantitative estimate of drug-likeness (QED) is 0.736. The van der Waals surface area contributed by atoms with Gasteiger partial charge in [-0.3, -0.25) is 9.36 Å². The van der Waals surface area contributed by atoms with Crippen molar-refractivity contribution in [1.29, 1.82) is 0 Å². The lowest BCUT2D eigenvalue weighted by molar-refractivity contribution is -0.116. The molecule has 0 fully saturated rings. The number of imidazole rings is 1. The van der Waals surface area contributed by atoms with Crippen LogP contribution in [0.15, 0.2) is 48.8 Å². The number of rotatable bonds is 5. The minimum Gasteiger partial charge on any atom is -0.497 e. The fourth-order valence-corrected chi connectivity index (χ4v) is 3.51. The van der Waals surface area contributed by atoms with Crippen LogP contribution in [0.2, 0.25) is 0 Å². The monoisotopic (exact) mass is 379 g/mol. The second-order valence-corrected chi connectivity index (χ2v) is 6.47. The number of ether oxygens (including phenoxy) is 3. The summed E-state index contributed by atoms with van der Waals surface area (Å²) in [7, 11) is 4.81. The van der Waals surface area contributed by atoms with Crippen LogP contribution >= 0.6 is 0 Å². The maximum atomic E-state index is 12.5. The lowest BCUT2D eigenvalue weighted by atomic mass is 9.89. The van der Waals surface area contributed by atoms with E-state index in [1.54, 1.807) is 27.7 Å². The van der Waals surface area contributed by atoms with Crippen LogP contribution in [0.3, 0.4) is 0 Å². The molecule has 0 radical (unpaired) electrons. The molecule has 0 spiro atoms. The molecule has 1 atom stereocenters. The maximum absolute atomic E-state index is 12.5. The molecule has 2 aromatic carbocycles. The van der Waals surface area contributed by atoms with Crippen molar-refractivity contribution < 1.29 is 19.0 Å². The lowest BCUT2D eigenvalue weighted by Crippen LogP contribution is -2.25. The molecule has 1 aliphatic rings. The van der Waals surface area contributed by atoms with Crippen molar-refractivity contribution in [3.05, 3.63) is 60.0 Å². The summed E-state index contributed by atoms with van der Waals surface area (Å²) in [6.45, 7) is 0. The highest BCUT2D eigenvalue weighted by molar-refractivity contribution is 5.94. The van der Waals surface area contributed by atoms with Gasteiger partial charge < -0.3 is 19.5 Å². The molecule has 1 N–H and O–H groups in total. The summed E-state index contributed by atoms with van der Waals surface area (Å²) in [5, 5.41) is 2.96. The molecular formula is C21H21N3O4. The number of carbonyl (C=O) groups is 1. The first kappa shape index (κ1) is 17.9. The van der Waals surface area contributed by atoms with Gasteiger partial charge in [-0.1, -0.05) is 12.1 Å². The zero-order chi connectivity index (χ0) is 19.7. The van der Waals surface area contributed by atoms with Gasteiger partial charge in [0.2, 0.25) is 5.91 Å². The smallest absolute Gasteiger partial charge is 0.226 e. The number of fused-ring (bicyclic) bond motifs is 1. The molecule has 0 saturated carbocycles. The molecule has 28 heavy (non-hydrogen) atoms. The van der Waals surface area contributed by atoms with E-state index in [0.29, 0.717) is 23.7 Å². The van der Waals surface area contributed by atoms with Crippen molar-refractivity contribution in [2.45, 2.75) is 12.3 Å². The molecular weight excluding hydrogens is 358 g/mol. The third kappa shape index (κ3) is 3.05. The number of nitrogens with one attached hydrogen (secondary N) is 1. The minimum absolute atomic E-state index is 0.0584. The summed E-state index contributed by atoms with van der Waals surface area (Å²) >= 11 is 0. The molecule has 1 aliphatic heterocycles. The van der Waals surface area contributed by atoms with Gasteiger partial charge in [-0.15, -0.1) is 0 Å². The topological polar surface area (TPSA) is 74.6 Å². The Labute approximate surface area is 162 Å². The van der Waals surface area contributed by atoms with Crippen LogP contribution in [0.1, 0.15) is 23.6 Å². The van der Waals surface area contributed by atoms with E-state index in [4.69, 9.17) is 14.2 Å². The Balaban J connectivity index is 1.78. The summed E-state index contributed by atoms with van der Waals surface area (Å²) in [6, 6.07) is 13.3. The fraction of sp³-hybridized carbons (Fsp3) is 0.238. The minimum atomic E-state index is -0.171. The van der Waals surface area contributed by atoms with Crippen LogP contribution in [-0.2, 0) is 4.79 Å². The van der Waals surface area contributed by atoms with Gasteiger partial charge >= 0.3 is 0 Å². The van der Waals surface area contributed by atoms with Gasteiger partial charge in [-0.2, -0.15) is 0 Å². The van der Waals surface area contributed by atoms with Crippen LogP contribution in [-0.4, -0.2) is 36.8 Å². The number of anilines is 1. The van der Waals surface area contributed by atoms with E-state index in [1.807, 2.05) is 47.0 Å². The summed E-state index contributed by atoms with van der Waals surface area (Å²) in [5.74, 6) is 2.45. The number of methoxy groups -OCH3 is 3. The molecule has 0 aliphatic carbocycles. The Hall–Kier alpha value is -3.48. The van der Waals surface area contributed by atoms with Gasteiger partial charge in [0.05, 0.1) is 32.7 Å². The Morgan fingerprint density at radius 3 is 2.61 bits per heavy atom. The average molecular weight is 379 g/mol. The third-order valence-electron chi connectivity index (χ3n) is 4.91. The second kappa shape index (κ2) is 7.26. The molecule has 7 heteroatoms. The number of aromatic nitrogens is 2. The molecule has 0 saturated heterocycles. The number of carbonyl (C=O) groups excluding carboxylic acids is 1. The van der Waals surface area contributed by atoms with E-state index in [0.717, 1.165) is 22.7 Å². The molecule has 7 nitrogen and oxygen atoms in total. The molecule has 0 bridgehead atoms. The highest BCUT2D eigenvalue weighted by Gasteiger charge is 2.31. The standard InChI is InChI=1S/C21H21N3O4/c1-26-15-6-4-5-14(10-15)24-12-22-20-16(11-19(25)23-21(20)24)13-7-8-17(27-2)18(9-13)28-3/h4-10,12,16H,11H2,1-3H3,(H,23,25)/t16-/m1/s1. The van der Waals surface area contributed by atoms with Gasteiger partial charge in [0.15, 0.2) is 11.5 Å². The van der Waals surface area contributed by atoms with E-state index < -0.39 is 0 Å². The van der Waals surface area contributed by atoms with E-state index in [2.05, 4.69) is 10.3 Å². The van der Waals surface area contributed by atoms with Gasteiger partial charge in [-0.25, -0.2) is 4.98 Å². The summed E-state index contributed by atoms with van der Waals surface area (Å²) in [6.07, 6.45) is 2.04. The molecule has 2 heterocycles. The van der Waals surface area contributed by atoms with Gasteiger partial charge in [0.25, 0.3) is 0 Å². The van der Waals surface area contributed by atoms with Crippen LogP contribution < -0.4 is 19.5 Å². The van der Waals surface area contributed by atoms with Gasteiger partial charge in [0, 0.05) is 18.4 Å². The molecule has 3 aromatic rings. The molecule has 1 aromatic heterocycles. The van der Waals surface area contributed by atoms with Crippen LogP contribution in [0.25, 0.3) is 5.69 Å². The third-order valence-corrected chi connectivity index (χ3v) is 4.91. The first-order chi connectivity index (χ1) is 13.6. The lowest BCUT2D eigenvalue weighted by Gasteiger charge is -2.24. The second-order valence-electron chi connectivity index (χ2n) is 6.47. The summed E-state index contributed by atoms with van der Waals surface area (Å²) in [5.41, 5.74) is 2.63. The largest absolute Gasteiger partial charge is 0.497 e. The molecule has 4 rings (SSSR count). The summed E-state index contributed by atoms with van der Waals surface area (Å²) < 4.78 is 17.9. The Morgan fingerprint density at radius 2 is 1.86 bits per heavy atom. The van der Waals surface area contributed by atoms with Crippen LogP contribution in [0, 0.1) is 0 Å². The Morgan fingerprint density at radius 1 is 1.04 bits per heavy atom. The van der Waals surface area contributed by atoms with Crippen molar-refractivity contribution in [2.24, 2.45) is 0 Å². The normalized spacial score (nSPS) is 15.5. The van der Waals surface area contributed by atoms with Crippen molar-refractivity contribution in [3.63, 3.8) is 0 Å².